The Balaban J connectivity index is 2.77. The molecule has 86 valence electrons. The first-order chi connectivity index (χ1) is 7.56. The van der Waals surface area contributed by atoms with Gasteiger partial charge in [0.15, 0.2) is 0 Å². The van der Waals surface area contributed by atoms with E-state index in [0.29, 0.717) is 21.6 Å². The average Bonchev–Trinajstić information content (AvgIpc) is 2.25. The van der Waals surface area contributed by atoms with Crippen LogP contribution in [0.5, 0.6) is 0 Å². The van der Waals surface area contributed by atoms with E-state index in [0.717, 1.165) is 0 Å². The number of amides is 1. The molecule has 3 nitrogen and oxygen atoms in total. The van der Waals surface area contributed by atoms with E-state index in [4.69, 9.17) is 17.3 Å². The molecule has 1 atom stereocenters. The van der Waals surface area contributed by atoms with Gasteiger partial charge in [0.2, 0.25) is 5.91 Å². The molecule has 0 spiro atoms. The van der Waals surface area contributed by atoms with Crippen molar-refractivity contribution in [2.24, 2.45) is 5.73 Å². The second-order valence-corrected chi connectivity index (χ2v) is 4.42. The van der Waals surface area contributed by atoms with Crippen LogP contribution in [0.1, 0.15) is 6.42 Å². The van der Waals surface area contributed by atoms with E-state index in [-0.39, 0.29) is 5.91 Å². The summed E-state index contributed by atoms with van der Waals surface area (Å²) >= 11 is 9.18. The molecule has 0 aliphatic heterocycles. The van der Waals surface area contributed by atoms with Crippen LogP contribution in [0.15, 0.2) is 35.3 Å². The second kappa shape index (κ2) is 6.03. The van der Waals surface area contributed by atoms with Crippen LogP contribution in [0.4, 0.5) is 5.69 Å². The molecule has 0 aromatic heterocycles. The highest BCUT2D eigenvalue weighted by Crippen LogP contribution is 2.29. The molecule has 0 radical (unpaired) electrons. The van der Waals surface area contributed by atoms with Gasteiger partial charge in [-0.2, -0.15) is 0 Å². The van der Waals surface area contributed by atoms with Gasteiger partial charge in [0.1, 0.15) is 0 Å². The first-order valence-corrected chi connectivity index (χ1v) is 5.84. The summed E-state index contributed by atoms with van der Waals surface area (Å²) in [7, 11) is 0. The molecule has 1 unspecified atom stereocenters. The summed E-state index contributed by atoms with van der Waals surface area (Å²) in [5, 5.41) is 3.23. The van der Waals surface area contributed by atoms with Gasteiger partial charge in [0, 0.05) is 0 Å². The summed E-state index contributed by atoms with van der Waals surface area (Å²) < 4.78 is 0.649. The van der Waals surface area contributed by atoms with E-state index in [1.807, 2.05) is 0 Å². The van der Waals surface area contributed by atoms with Crippen LogP contribution in [0.2, 0.25) is 5.02 Å². The quantitative estimate of drug-likeness (QED) is 0.840. The fraction of sp³-hybridized carbons (Fsp3) is 0.182. The van der Waals surface area contributed by atoms with Crippen LogP contribution in [0, 0.1) is 0 Å². The fourth-order valence-electron chi connectivity index (χ4n) is 1.11. The normalized spacial score (nSPS) is 11.9. The van der Waals surface area contributed by atoms with E-state index < -0.39 is 6.04 Å². The number of rotatable bonds is 4. The Labute approximate surface area is 108 Å². The molecule has 1 aromatic rings. The Morgan fingerprint density at radius 1 is 1.69 bits per heavy atom. The average molecular weight is 304 g/mol. The topological polar surface area (TPSA) is 55.1 Å². The van der Waals surface area contributed by atoms with Crippen LogP contribution in [0.25, 0.3) is 0 Å². The number of anilines is 1. The summed E-state index contributed by atoms with van der Waals surface area (Å²) in [5.74, 6) is -0.261. The lowest BCUT2D eigenvalue weighted by Crippen LogP contribution is -2.35. The molecule has 0 saturated carbocycles. The van der Waals surface area contributed by atoms with Crippen molar-refractivity contribution in [3.05, 3.63) is 40.3 Å². The minimum atomic E-state index is -0.594. The van der Waals surface area contributed by atoms with E-state index in [9.17, 15) is 4.79 Å². The zero-order valence-corrected chi connectivity index (χ0v) is 10.9. The Morgan fingerprint density at radius 2 is 2.38 bits per heavy atom. The van der Waals surface area contributed by atoms with Crippen LogP contribution in [0.3, 0.4) is 0 Å². The lowest BCUT2D eigenvalue weighted by Gasteiger charge is -2.12. The van der Waals surface area contributed by atoms with Crippen LogP contribution in [-0.2, 0) is 4.79 Å². The van der Waals surface area contributed by atoms with Gasteiger partial charge in [-0.3, -0.25) is 4.79 Å². The maximum atomic E-state index is 11.6. The van der Waals surface area contributed by atoms with Gasteiger partial charge in [-0.25, -0.2) is 0 Å². The predicted octanol–water partition coefficient (Wildman–Crippen LogP) is 2.94. The summed E-state index contributed by atoms with van der Waals surface area (Å²) in [6, 6.07) is 4.63. The number of carbonyl (C=O) groups excluding carboxylic acids is 1. The van der Waals surface area contributed by atoms with Gasteiger partial charge in [-0.1, -0.05) is 23.7 Å². The van der Waals surface area contributed by atoms with Crippen molar-refractivity contribution in [2.75, 3.05) is 5.32 Å². The van der Waals surface area contributed by atoms with E-state index in [1.54, 1.807) is 24.3 Å². The number of carbonyl (C=O) groups is 1. The summed E-state index contributed by atoms with van der Waals surface area (Å²) in [6.07, 6.45) is 2.04. The van der Waals surface area contributed by atoms with Gasteiger partial charge >= 0.3 is 0 Å². The molecule has 5 heteroatoms. The number of halogens is 2. The Bertz CT molecular complexity index is 409. The molecule has 0 saturated heterocycles. The van der Waals surface area contributed by atoms with E-state index in [1.165, 1.54) is 0 Å². The number of nitrogens with two attached hydrogens (primary N) is 1. The van der Waals surface area contributed by atoms with Crippen LogP contribution < -0.4 is 11.1 Å². The fourth-order valence-corrected chi connectivity index (χ4v) is 1.65. The van der Waals surface area contributed by atoms with Gasteiger partial charge in [0.25, 0.3) is 0 Å². The van der Waals surface area contributed by atoms with Gasteiger partial charge < -0.3 is 11.1 Å². The van der Waals surface area contributed by atoms with Crippen LogP contribution in [-0.4, -0.2) is 11.9 Å². The third-order valence-corrected chi connectivity index (χ3v) is 3.36. The first-order valence-electron chi connectivity index (χ1n) is 4.67. The third-order valence-electron chi connectivity index (χ3n) is 1.97. The lowest BCUT2D eigenvalue weighted by molar-refractivity contribution is -0.117. The summed E-state index contributed by atoms with van der Waals surface area (Å²) in [6.45, 7) is 3.53. The number of hydrogen-bond donors (Lipinski definition) is 2. The van der Waals surface area contributed by atoms with Crippen molar-refractivity contribution in [1.29, 1.82) is 0 Å². The smallest absolute Gasteiger partial charge is 0.241 e. The van der Waals surface area contributed by atoms with Crippen molar-refractivity contribution < 1.29 is 4.79 Å². The van der Waals surface area contributed by atoms with Crippen molar-refractivity contribution in [1.82, 2.24) is 0 Å². The standard InChI is InChI=1S/C11H12BrClN2O/c1-2-4-8(14)11(16)15-9-6-3-5-7(13)10(9)12/h2-3,5-6,8H,1,4,14H2,(H,15,16). The molecule has 0 heterocycles. The minimum Gasteiger partial charge on any atom is -0.324 e. The molecular formula is C11H12BrClN2O. The number of benzene rings is 1. The molecule has 0 aliphatic carbocycles. The Morgan fingerprint density at radius 3 is 3.00 bits per heavy atom. The van der Waals surface area contributed by atoms with Gasteiger partial charge in [0.05, 0.1) is 21.2 Å². The predicted molar refractivity (Wildman–Crippen MR) is 70.6 cm³/mol. The molecule has 1 amide bonds. The minimum absolute atomic E-state index is 0.261. The lowest BCUT2D eigenvalue weighted by atomic mass is 10.2. The molecule has 1 aromatic carbocycles. The van der Waals surface area contributed by atoms with Crippen molar-refractivity contribution in [3.63, 3.8) is 0 Å². The first kappa shape index (κ1) is 13.2. The molecule has 16 heavy (non-hydrogen) atoms. The molecular weight excluding hydrogens is 291 g/mol. The molecule has 1 rings (SSSR count). The van der Waals surface area contributed by atoms with Gasteiger partial charge in [-0.15, -0.1) is 6.58 Å². The van der Waals surface area contributed by atoms with Crippen molar-refractivity contribution in [3.8, 4) is 0 Å². The highest BCUT2D eigenvalue weighted by atomic mass is 79.9. The van der Waals surface area contributed by atoms with Crippen molar-refractivity contribution >= 4 is 39.1 Å². The molecule has 3 N–H and O–H groups in total. The number of nitrogens with one attached hydrogen (secondary N) is 1. The van der Waals surface area contributed by atoms with E-state index >= 15 is 0 Å². The monoisotopic (exact) mass is 302 g/mol. The summed E-state index contributed by atoms with van der Waals surface area (Å²) in [5.41, 5.74) is 6.24. The highest BCUT2D eigenvalue weighted by molar-refractivity contribution is 9.10. The van der Waals surface area contributed by atoms with Gasteiger partial charge in [-0.05, 0) is 34.5 Å². The van der Waals surface area contributed by atoms with Crippen molar-refractivity contribution in [2.45, 2.75) is 12.5 Å². The Hall–Kier alpha value is -0.840. The summed E-state index contributed by atoms with van der Waals surface area (Å²) in [4.78, 5) is 11.6. The molecule has 0 bridgehead atoms. The second-order valence-electron chi connectivity index (χ2n) is 3.22. The SMILES string of the molecule is C=CCC(N)C(=O)Nc1cccc(Cl)c1Br. The Kier molecular flexibility index (Phi) is 4.99. The maximum Gasteiger partial charge on any atom is 0.241 e. The highest BCUT2D eigenvalue weighted by Gasteiger charge is 2.13. The largest absolute Gasteiger partial charge is 0.324 e. The zero-order valence-electron chi connectivity index (χ0n) is 8.54. The molecule has 0 fully saturated rings. The molecule has 0 aliphatic rings. The van der Waals surface area contributed by atoms with Crippen LogP contribution >= 0.6 is 27.5 Å². The maximum absolute atomic E-state index is 11.6. The third kappa shape index (κ3) is 3.33. The number of hydrogen-bond acceptors (Lipinski definition) is 2. The zero-order chi connectivity index (χ0) is 12.1. The van der Waals surface area contributed by atoms with E-state index in [2.05, 4.69) is 27.8 Å².